The van der Waals surface area contributed by atoms with Crippen molar-refractivity contribution in [2.24, 2.45) is 0 Å². The number of likely N-dealkylation sites (tertiary alicyclic amines) is 1. The van der Waals surface area contributed by atoms with Gasteiger partial charge in [-0.05, 0) is 31.9 Å². The summed E-state index contributed by atoms with van der Waals surface area (Å²) in [6, 6.07) is 3.76. The summed E-state index contributed by atoms with van der Waals surface area (Å²) in [7, 11) is -3.47. The summed E-state index contributed by atoms with van der Waals surface area (Å²) in [4.78, 5) is 18.2. The van der Waals surface area contributed by atoms with Crippen molar-refractivity contribution in [2.75, 3.05) is 31.2 Å². The van der Waals surface area contributed by atoms with Crippen LogP contribution in [0.2, 0.25) is 0 Å². The third-order valence-electron chi connectivity index (χ3n) is 5.46. The number of carbonyl (C=O) groups is 1. The van der Waals surface area contributed by atoms with E-state index in [2.05, 4.69) is 15.5 Å². The van der Waals surface area contributed by atoms with Gasteiger partial charge in [0.25, 0.3) is 0 Å². The second-order valence-electron chi connectivity index (χ2n) is 7.85. The molecular formula is C19H24FN5O4S. The number of benzene rings is 1. The Hall–Kier alpha value is -2.53. The molecule has 2 aliphatic rings. The van der Waals surface area contributed by atoms with E-state index in [0.29, 0.717) is 35.3 Å². The molecular weight excluding hydrogens is 413 g/mol. The molecule has 1 aliphatic heterocycles. The number of hydrogen-bond acceptors (Lipinski definition) is 6. The summed E-state index contributed by atoms with van der Waals surface area (Å²) >= 11 is 0. The van der Waals surface area contributed by atoms with Gasteiger partial charge in [0.2, 0.25) is 15.9 Å². The van der Waals surface area contributed by atoms with Gasteiger partial charge >= 0.3 is 6.03 Å². The first kappa shape index (κ1) is 20.7. The fraction of sp³-hybridized carbons (Fsp3) is 0.526. The summed E-state index contributed by atoms with van der Waals surface area (Å²) < 4.78 is 44.8. The Morgan fingerprint density at radius 3 is 2.77 bits per heavy atom. The van der Waals surface area contributed by atoms with E-state index in [1.165, 1.54) is 21.3 Å². The molecule has 1 N–H and O–H groups in total. The Morgan fingerprint density at radius 1 is 1.37 bits per heavy atom. The maximum absolute atomic E-state index is 13.6. The Bertz CT molecular complexity index is 1050. The van der Waals surface area contributed by atoms with Gasteiger partial charge in [0.05, 0.1) is 12.3 Å². The molecule has 4 rings (SSSR count). The molecule has 2 heterocycles. The first-order valence-electron chi connectivity index (χ1n) is 9.82. The number of urea groups is 1. The van der Waals surface area contributed by atoms with E-state index in [1.807, 2.05) is 0 Å². The van der Waals surface area contributed by atoms with E-state index in [-0.39, 0.29) is 31.7 Å². The third kappa shape index (κ3) is 4.46. The molecule has 2 amide bonds. The fourth-order valence-corrected chi connectivity index (χ4v) is 4.53. The lowest BCUT2D eigenvalue weighted by atomic mass is 10.1. The molecule has 162 valence electrons. The lowest BCUT2D eigenvalue weighted by molar-refractivity contribution is 0.109. The predicted octanol–water partition coefficient (Wildman–Crippen LogP) is 2.11. The van der Waals surface area contributed by atoms with Crippen LogP contribution < -0.4 is 5.32 Å². The molecule has 1 saturated carbocycles. The zero-order valence-corrected chi connectivity index (χ0v) is 17.7. The molecule has 1 aliphatic carbocycles. The number of aromatic nitrogens is 2. The van der Waals surface area contributed by atoms with Gasteiger partial charge in [-0.25, -0.2) is 17.6 Å². The number of sulfonamides is 1. The Morgan fingerprint density at radius 2 is 2.10 bits per heavy atom. The number of amides is 2. The van der Waals surface area contributed by atoms with Gasteiger partial charge in [-0.1, -0.05) is 11.2 Å². The SMILES string of the molecule is Cc1c(F)cccc1NC(=O)N1CC(N(CCc2noc(C3CC3)n2)S(C)(=O)=O)C1. The lowest BCUT2D eigenvalue weighted by Gasteiger charge is -2.44. The number of nitrogens with one attached hydrogen (secondary N) is 1. The highest BCUT2D eigenvalue weighted by atomic mass is 32.2. The van der Waals surface area contributed by atoms with Crippen molar-refractivity contribution in [3.8, 4) is 0 Å². The third-order valence-corrected chi connectivity index (χ3v) is 6.79. The van der Waals surface area contributed by atoms with Gasteiger partial charge < -0.3 is 14.7 Å². The Kier molecular flexibility index (Phi) is 5.49. The van der Waals surface area contributed by atoms with Gasteiger partial charge in [0, 0.05) is 43.2 Å². The summed E-state index contributed by atoms with van der Waals surface area (Å²) in [6.45, 7) is 2.31. The van der Waals surface area contributed by atoms with Crippen LogP contribution >= 0.6 is 0 Å². The highest BCUT2D eigenvalue weighted by Crippen LogP contribution is 2.38. The normalized spacial score (nSPS) is 17.3. The molecule has 0 atom stereocenters. The molecule has 0 bridgehead atoms. The van der Waals surface area contributed by atoms with Gasteiger partial charge in [0.15, 0.2) is 5.82 Å². The smallest absolute Gasteiger partial charge is 0.321 e. The van der Waals surface area contributed by atoms with E-state index in [9.17, 15) is 17.6 Å². The van der Waals surface area contributed by atoms with E-state index in [4.69, 9.17) is 4.52 Å². The van der Waals surface area contributed by atoms with Gasteiger partial charge in [0.1, 0.15) is 5.82 Å². The van der Waals surface area contributed by atoms with Crippen LogP contribution in [-0.4, -0.2) is 65.7 Å². The van der Waals surface area contributed by atoms with E-state index in [0.717, 1.165) is 19.1 Å². The maximum atomic E-state index is 13.6. The molecule has 0 spiro atoms. The molecule has 9 nitrogen and oxygen atoms in total. The number of nitrogens with zero attached hydrogens (tertiary/aromatic N) is 4. The van der Waals surface area contributed by atoms with Crippen molar-refractivity contribution in [2.45, 2.75) is 38.1 Å². The summed E-state index contributed by atoms with van der Waals surface area (Å²) in [5.74, 6) is 1.05. The minimum Gasteiger partial charge on any atom is -0.339 e. The molecule has 1 saturated heterocycles. The quantitative estimate of drug-likeness (QED) is 0.711. The average molecular weight is 437 g/mol. The standard InChI is InChI=1S/C19H24FN5O4S/c1-12-15(20)4-3-5-16(12)21-19(26)24-10-14(11-24)25(30(2,27)28)9-8-17-22-18(29-23-17)13-6-7-13/h3-5,13-14H,6-11H2,1-2H3,(H,21,26). The number of rotatable bonds is 7. The molecule has 11 heteroatoms. The topological polar surface area (TPSA) is 109 Å². The fourth-order valence-electron chi connectivity index (χ4n) is 3.43. The molecule has 2 aromatic rings. The van der Waals surface area contributed by atoms with E-state index >= 15 is 0 Å². The summed E-state index contributed by atoms with van der Waals surface area (Å²) in [5, 5.41) is 6.60. The minimum atomic E-state index is -3.47. The number of anilines is 1. The van der Waals surface area contributed by atoms with Crippen LogP contribution in [0.3, 0.4) is 0 Å². The Labute approximate surface area is 174 Å². The molecule has 0 unspecified atom stereocenters. The first-order valence-corrected chi connectivity index (χ1v) is 11.7. The van der Waals surface area contributed by atoms with E-state index in [1.54, 1.807) is 13.0 Å². The van der Waals surface area contributed by atoms with Crippen molar-refractivity contribution in [3.05, 3.63) is 41.3 Å². The van der Waals surface area contributed by atoms with Crippen LogP contribution in [0.1, 0.15) is 36.0 Å². The predicted molar refractivity (Wildman–Crippen MR) is 107 cm³/mol. The zero-order valence-electron chi connectivity index (χ0n) is 16.8. The van der Waals surface area contributed by atoms with Crippen molar-refractivity contribution in [1.29, 1.82) is 0 Å². The van der Waals surface area contributed by atoms with Crippen LogP contribution in [-0.2, 0) is 16.4 Å². The first-order chi connectivity index (χ1) is 14.2. The lowest BCUT2D eigenvalue weighted by Crippen LogP contribution is -2.63. The molecule has 0 radical (unpaired) electrons. The van der Waals surface area contributed by atoms with Crippen molar-refractivity contribution in [1.82, 2.24) is 19.3 Å². The molecule has 1 aromatic carbocycles. The molecule has 1 aromatic heterocycles. The van der Waals surface area contributed by atoms with E-state index < -0.39 is 15.8 Å². The Balaban J connectivity index is 1.33. The molecule has 30 heavy (non-hydrogen) atoms. The van der Waals surface area contributed by atoms with Gasteiger partial charge in [-0.2, -0.15) is 9.29 Å². The number of hydrogen-bond donors (Lipinski definition) is 1. The van der Waals surface area contributed by atoms with Crippen molar-refractivity contribution in [3.63, 3.8) is 0 Å². The van der Waals surface area contributed by atoms with Crippen molar-refractivity contribution >= 4 is 21.7 Å². The second-order valence-corrected chi connectivity index (χ2v) is 9.78. The van der Waals surface area contributed by atoms with Crippen LogP contribution in [0, 0.1) is 12.7 Å². The number of halogens is 1. The van der Waals surface area contributed by atoms with Crippen LogP contribution in [0.4, 0.5) is 14.9 Å². The maximum Gasteiger partial charge on any atom is 0.321 e. The highest BCUT2D eigenvalue weighted by molar-refractivity contribution is 7.88. The summed E-state index contributed by atoms with van der Waals surface area (Å²) in [5.41, 5.74) is 0.748. The molecule has 2 fully saturated rings. The second kappa shape index (κ2) is 7.95. The van der Waals surface area contributed by atoms with Crippen LogP contribution in [0.5, 0.6) is 0 Å². The van der Waals surface area contributed by atoms with Gasteiger partial charge in [-0.15, -0.1) is 0 Å². The summed E-state index contributed by atoms with van der Waals surface area (Å²) in [6.07, 6.45) is 3.59. The zero-order chi connectivity index (χ0) is 21.5. The van der Waals surface area contributed by atoms with Crippen LogP contribution in [0.25, 0.3) is 0 Å². The highest BCUT2D eigenvalue weighted by Gasteiger charge is 2.39. The van der Waals surface area contributed by atoms with Crippen LogP contribution in [0.15, 0.2) is 22.7 Å². The van der Waals surface area contributed by atoms with Gasteiger partial charge in [-0.3, -0.25) is 0 Å². The average Bonchev–Trinajstić information content (AvgIpc) is 3.38. The minimum absolute atomic E-state index is 0.214. The monoisotopic (exact) mass is 437 g/mol. The van der Waals surface area contributed by atoms with Crippen molar-refractivity contribution < 1.29 is 22.1 Å². The number of carbonyl (C=O) groups excluding carboxylic acids is 1. The largest absolute Gasteiger partial charge is 0.339 e.